The largest absolute Gasteiger partial charge is 0.465 e. The van der Waals surface area contributed by atoms with E-state index in [1.165, 1.54) is 308 Å². The van der Waals surface area contributed by atoms with Gasteiger partial charge in [-0.2, -0.15) is 0 Å². The lowest BCUT2D eigenvalue weighted by Crippen LogP contribution is -2.40. The predicted molar refractivity (Wildman–Crippen MR) is 302 cm³/mol. The molecule has 0 amide bonds. The van der Waals surface area contributed by atoms with Crippen molar-refractivity contribution in [1.29, 1.82) is 0 Å². The molecule has 1 heterocycles. The number of cyclic esters (lactones) is 2. The summed E-state index contributed by atoms with van der Waals surface area (Å²) in [5, 5.41) is 19.2. The van der Waals surface area contributed by atoms with Crippen LogP contribution in [0.3, 0.4) is 0 Å². The van der Waals surface area contributed by atoms with Crippen molar-refractivity contribution in [2.75, 3.05) is 26.4 Å². The molecule has 70 heavy (non-hydrogen) atoms. The highest BCUT2D eigenvalue weighted by atomic mass is 16.6. The van der Waals surface area contributed by atoms with Crippen LogP contribution in [-0.4, -0.2) is 48.6 Å². The van der Waals surface area contributed by atoms with Crippen LogP contribution in [0.1, 0.15) is 347 Å². The molecule has 0 aromatic carbocycles. The zero-order chi connectivity index (χ0) is 50.4. The van der Waals surface area contributed by atoms with Crippen LogP contribution in [0.15, 0.2) is 12.2 Å². The van der Waals surface area contributed by atoms with E-state index >= 15 is 0 Å². The van der Waals surface area contributed by atoms with E-state index in [9.17, 15) is 19.8 Å². The molecule has 0 aromatic rings. The van der Waals surface area contributed by atoms with Crippen molar-refractivity contribution in [3.63, 3.8) is 0 Å². The van der Waals surface area contributed by atoms with E-state index in [1.807, 2.05) is 0 Å². The number of allylic oxidation sites excluding steroid dienone is 2. The molecule has 1 aliphatic rings. The van der Waals surface area contributed by atoms with Gasteiger partial charge in [0.05, 0.1) is 31.0 Å². The molecule has 1 fully saturated rings. The average Bonchev–Trinajstić information content (AvgIpc) is 3.43. The minimum atomic E-state index is -1.12. The van der Waals surface area contributed by atoms with E-state index in [0.717, 1.165) is 19.3 Å². The van der Waals surface area contributed by atoms with Gasteiger partial charge in [-0.05, 0) is 32.1 Å². The molecule has 0 spiro atoms. The van der Waals surface area contributed by atoms with Crippen molar-refractivity contribution in [1.82, 2.24) is 0 Å². The lowest BCUT2D eigenvalue weighted by Gasteiger charge is -2.27. The van der Waals surface area contributed by atoms with E-state index in [2.05, 4.69) is 19.1 Å². The third kappa shape index (κ3) is 45.2. The Kier molecular flexibility index (Phi) is 51.3. The monoisotopic (exact) mass is 987 g/mol. The summed E-state index contributed by atoms with van der Waals surface area (Å²) in [6.45, 7) is 1.19. The normalized spacial score (nSPS) is 15.3. The quantitative estimate of drug-likeness (QED) is 0.0358. The Hall–Kier alpha value is -1.40. The summed E-state index contributed by atoms with van der Waals surface area (Å²) in [4.78, 5) is 24.7. The van der Waals surface area contributed by atoms with Gasteiger partial charge in [-0.3, -0.25) is 9.59 Å². The highest BCUT2D eigenvalue weighted by molar-refractivity contribution is 5.80. The summed E-state index contributed by atoms with van der Waals surface area (Å²) in [5.41, 5.74) is -1.12. The first kappa shape index (κ1) is 66.6. The molecule has 1 atom stereocenters. The molecule has 6 heteroatoms. The zero-order valence-corrected chi connectivity index (χ0v) is 47.1. The number of unbranched alkanes of at least 4 members (excludes halogenated alkanes) is 49. The second kappa shape index (κ2) is 53.9. The first-order valence-corrected chi connectivity index (χ1v) is 31.8. The van der Waals surface area contributed by atoms with E-state index in [4.69, 9.17) is 9.47 Å². The fourth-order valence-electron chi connectivity index (χ4n) is 10.6. The Labute approximate surface area is 436 Å². The van der Waals surface area contributed by atoms with Gasteiger partial charge in [0.1, 0.15) is 13.2 Å². The summed E-state index contributed by atoms with van der Waals surface area (Å²) in [7, 11) is 0. The van der Waals surface area contributed by atoms with Crippen LogP contribution in [0.5, 0.6) is 0 Å². The average molecular weight is 988 g/mol. The lowest BCUT2D eigenvalue weighted by atomic mass is 9.92. The zero-order valence-electron chi connectivity index (χ0n) is 47.1. The van der Waals surface area contributed by atoms with Gasteiger partial charge in [0.25, 0.3) is 0 Å². The number of hydrogen-bond acceptors (Lipinski definition) is 6. The van der Waals surface area contributed by atoms with Crippen molar-refractivity contribution in [3.05, 3.63) is 12.2 Å². The van der Waals surface area contributed by atoms with E-state index < -0.39 is 36.5 Å². The van der Waals surface area contributed by atoms with Crippen LogP contribution in [0, 0.1) is 11.3 Å². The lowest BCUT2D eigenvalue weighted by molar-refractivity contribution is -0.155. The fraction of sp³-hybridized carbons (Fsp3) is 0.938. The molecule has 6 nitrogen and oxygen atoms in total. The Bertz CT molecular complexity index is 1100. The summed E-state index contributed by atoms with van der Waals surface area (Å²) in [6.07, 6.45) is 77.2. The maximum Gasteiger partial charge on any atom is 0.309 e. The van der Waals surface area contributed by atoms with E-state index in [0.29, 0.717) is 6.42 Å². The Balaban J connectivity index is 1.67. The molecule has 1 saturated heterocycles. The number of carbonyl (C=O) groups is 2. The Morgan fingerprint density at radius 3 is 0.886 bits per heavy atom. The summed E-state index contributed by atoms with van der Waals surface area (Å²) in [5.74, 6) is -1.40. The molecule has 0 saturated carbocycles. The second-order valence-corrected chi connectivity index (χ2v) is 22.8. The SMILES string of the molecule is CCCCC/C=C/CCCCCCCCCCCCCCCCCCCCCCCCCCCCCCCCCCCCCCCCCCCCCCCCC1CC(=O)OCC(CO)(CO)COC1=O. The summed E-state index contributed by atoms with van der Waals surface area (Å²) in [6, 6.07) is 0. The predicted octanol–water partition coefficient (Wildman–Crippen LogP) is 19.9. The van der Waals surface area contributed by atoms with Crippen LogP contribution in [-0.2, 0) is 19.1 Å². The standard InChI is InChI=1S/C64H122O6/c1-2-3-4-5-6-7-8-9-10-11-12-13-14-15-16-17-18-19-20-21-22-23-24-25-26-27-28-29-30-31-32-33-34-35-36-37-38-39-40-41-42-43-44-45-46-47-48-49-50-51-52-53-54-55-61-56-62(67)69-59-64(57-65,58-66)60-70-63(61)68/h6-7,61,65-66H,2-5,8-60H2,1H3/b7-6+. The van der Waals surface area contributed by atoms with Crippen LogP contribution in [0.25, 0.3) is 0 Å². The summed E-state index contributed by atoms with van der Waals surface area (Å²) < 4.78 is 10.6. The summed E-state index contributed by atoms with van der Waals surface area (Å²) >= 11 is 0. The van der Waals surface area contributed by atoms with Crippen LogP contribution in [0.2, 0.25) is 0 Å². The van der Waals surface area contributed by atoms with Crippen molar-refractivity contribution in [3.8, 4) is 0 Å². The Morgan fingerprint density at radius 1 is 0.371 bits per heavy atom. The topological polar surface area (TPSA) is 93.1 Å². The Morgan fingerprint density at radius 2 is 0.614 bits per heavy atom. The molecule has 1 rings (SSSR count). The first-order valence-electron chi connectivity index (χ1n) is 31.8. The number of aliphatic hydroxyl groups is 2. The number of esters is 2. The molecular weight excluding hydrogens is 865 g/mol. The van der Waals surface area contributed by atoms with Crippen molar-refractivity contribution in [2.24, 2.45) is 11.3 Å². The van der Waals surface area contributed by atoms with Gasteiger partial charge in [0, 0.05) is 0 Å². The molecule has 1 aliphatic heterocycles. The minimum Gasteiger partial charge on any atom is -0.465 e. The maximum absolute atomic E-state index is 12.5. The molecular formula is C64H122O6. The van der Waals surface area contributed by atoms with Crippen LogP contribution >= 0.6 is 0 Å². The maximum atomic E-state index is 12.5. The highest BCUT2D eigenvalue weighted by Gasteiger charge is 2.36. The highest BCUT2D eigenvalue weighted by Crippen LogP contribution is 2.25. The van der Waals surface area contributed by atoms with Gasteiger partial charge in [-0.25, -0.2) is 0 Å². The van der Waals surface area contributed by atoms with Gasteiger partial charge in [0.15, 0.2) is 0 Å². The molecule has 0 radical (unpaired) electrons. The van der Waals surface area contributed by atoms with Gasteiger partial charge in [0.2, 0.25) is 0 Å². The molecule has 414 valence electrons. The first-order chi connectivity index (χ1) is 34.6. The number of rotatable bonds is 55. The van der Waals surface area contributed by atoms with Gasteiger partial charge in [-0.1, -0.05) is 321 Å². The number of carbonyl (C=O) groups excluding carboxylic acids is 2. The van der Waals surface area contributed by atoms with Crippen molar-refractivity contribution < 1.29 is 29.3 Å². The van der Waals surface area contributed by atoms with E-state index in [1.54, 1.807) is 0 Å². The molecule has 0 aromatic heterocycles. The van der Waals surface area contributed by atoms with Crippen molar-refractivity contribution in [2.45, 2.75) is 347 Å². The van der Waals surface area contributed by atoms with Crippen molar-refractivity contribution >= 4 is 11.9 Å². The van der Waals surface area contributed by atoms with Gasteiger partial charge in [-0.15, -0.1) is 0 Å². The third-order valence-corrected chi connectivity index (χ3v) is 15.8. The number of ether oxygens (including phenoxy) is 2. The molecule has 0 aliphatic carbocycles. The minimum absolute atomic E-state index is 0.00519. The fourth-order valence-corrected chi connectivity index (χ4v) is 10.6. The third-order valence-electron chi connectivity index (χ3n) is 15.8. The van der Waals surface area contributed by atoms with Gasteiger partial charge >= 0.3 is 11.9 Å². The number of hydrogen-bond donors (Lipinski definition) is 2. The molecule has 2 N–H and O–H groups in total. The van der Waals surface area contributed by atoms with Crippen LogP contribution < -0.4 is 0 Å². The second-order valence-electron chi connectivity index (χ2n) is 22.8. The van der Waals surface area contributed by atoms with Crippen LogP contribution in [0.4, 0.5) is 0 Å². The molecule has 0 bridgehead atoms. The van der Waals surface area contributed by atoms with E-state index in [-0.39, 0.29) is 19.6 Å². The number of aliphatic hydroxyl groups excluding tert-OH is 2. The molecule has 1 unspecified atom stereocenters. The van der Waals surface area contributed by atoms with Gasteiger partial charge < -0.3 is 19.7 Å². The smallest absolute Gasteiger partial charge is 0.309 e.